The van der Waals surface area contributed by atoms with E-state index in [-0.39, 0.29) is 30.6 Å². The highest BCUT2D eigenvalue weighted by Crippen LogP contribution is 2.33. The molecule has 0 radical (unpaired) electrons. The quantitative estimate of drug-likeness (QED) is 0.490. The van der Waals surface area contributed by atoms with Crippen LogP contribution in [0.4, 0.5) is 10.8 Å². The first-order chi connectivity index (χ1) is 16.9. The van der Waals surface area contributed by atoms with Gasteiger partial charge in [-0.2, -0.15) is 0 Å². The van der Waals surface area contributed by atoms with Crippen LogP contribution < -0.4 is 9.80 Å². The van der Waals surface area contributed by atoms with Crippen molar-refractivity contribution in [2.75, 3.05) is 49.2 Å². The van der Waals surface area contributed by atoms with Crippen LogP contribution >= 0.6 is 11.3 Å². The maximum absolute atomic E-state index is 13.8. The van der Waals surface area contributed by atoms with Crippen LogP contribution in [0, 0.1) is 13.8 Å². The van der Waals surface area contributed by atoms with Gasteiger partial charge in [-0.3, -0.25) is 29.1 Å². The van der Waals surface area contributed by atoms with Crippen LogP contribution in [0.2, 0.25) is 0 Å². The molecule has 3 aromatic rings. The molecule has 0 spiro atoms. The van der Waals surface area contributed by atoms with E-state index < -0.39 is 0 Å². The second-order valence-corrected chi connectivity index (χ2v) is 10.0. The van der Waals surface area contributed by atoms with E-state index in [9.17, 15) is 14.4 Å². The molecule has 2 aliphatic heterocycles. The van der Waals surface area contributed by atoms with Gasteiger partial charge >= 0.3 is 0 Å². The van der Waals surface area contributed by atoms with Crippen LogP contribution in [0.1, 0.15) is 34.3 Å². The predicted octanol–water partition coefficient (Wildman–Crippen LogP) is 3.55. The topological polar surface area (TPSA) is 83.1 Å². The fraction of sp³-hybridized carbons (Fsp3) is 0.385. The second kappa shape index (κ2) is 9.85. The minimum absolute atomic E-state index is 0.201. The number of anilines is 2. The molecule has 0 bridgehead atoms. The number of rotatable bonds is 6. The number of thiazole rings is 1. The number of carbonyl (C=O) groups is 3. The molecule has 9 heteroatoms. The number of carbonyl (C=O) groups excluding carboxylic acids is 3. The van der Waals surface area contributed by atoms with Gasteiger partial charge in [-0.05, 0) is 49.2 Å². The summed E-state index contributed by atoms with van der Waals surface area (Å²) in [7, 11) is 0. The average Bonchev–Trinajstić information content (AvgIpc) is 3.42. The lowest BCUT2D eigenvalue weighted by Crippen LogP contribution is -2.43. The van der Waals surface area contributed by atoms with Crippen molar-refractivity contribution >= 4 is 50.1 Å². The Morgan fingerprint density at radius 3 is 2.57 bits per heavy atom. The SMILES string of the molecule is Cc1cc(C)c2nc(N(CCN3CCOCC3)C(=O)c3cccc(N4C(=O)CCC4=O)c3)sc2c1. The largest absolute Gasteiger partial charge is 0.379 e. The van der Waals surface area contributed by atoms with Gasteiger partial charge in [-0.15, -0.1) is 0 Å². The molecule has 2 saturated heterocycles. The van der Waals surface area contributed by atoms with Gasteiger partial charge in [0.05, 0.1) is 29.1 Å². The van der Waals surface area contributed by atoms with Gasteiger partial charge in [0.25, 0.3) is 5.91 Å². The van der Waals surface area contributed by atoms with Crippen LogP contribution in [0.15, 0.2) is 36.4 Å². The van der Waals surface area contributed by atoms with E-state index in [1.165, 1.54) is 16.2 Å². The van der Waals surface area contributed by atoms with E-state index in [4.69, 9.17) is 9.72 Å². The Balaban J connectivity index is 1.48. The maximum Gasteiger partial charge on any atom is 0.260 e. The van der Waals surface area contributed by atoms with Gasteiger partial charge in [-0.1, -0.05) is 23.5 Å². The molecule has 35 heavy (non-hydrogen) atoms. The van der Waals surface area contributed by atoms with E-state index >= 15 is 0 Å². The van der Waals surface area contributed by atoms with E-state index in [1.54, 1.807) is 29.2 Å². The maximum atomic E-state index is 13.8. The van der Waals surface area contributed by atoms with E-state index in [2.05, 4.69) is 24.0 Å². The Hall–Kier alpha value is -3.14. The summed E-state index contributed by atoms with van der Waals surface area (Å²) in [6, 6.07) is 11.0. The summed E-state index contributed by atoms with van der Waals surface area (Å²) in [6.07, 6.45) is 0.403. The zero-order valence-corrected chi connectivity index (χ0v) is 20.8. The molecule has 8 nitrogen and oxygen atoms in total. The highest BCUT2D eigenvalue weighted by atomic mass is 32.1. The van der Waals surface area contributed by atoms with Gasteiger partial charge in [0, 0.05) is 44.6 Å². The number of benzene rings is 2. The summed E-state index contributed by atoms with van der Waals surface area (Å²) in [5.41, 5.74) is 4.00. The summed E-state index contributed by atoms with van der Waals surface area (Å²) in [5, 5.41) is 0.644. The minimum atomic E-state index is -0.235. The Bertz CT molecular complexity index is 1280. The highest BCUT2D eigenvalue weighted by molar-refractivity contribution is 7.22. The standard InChI is InChI=1S/C26H28N4O4S/c1-17-14-18(2)24-21(15-17)35-26(27-24)29(9-8-28-10-12-34-13-11-28)25(33)19-4-3-5-20(16-19)30-22(31)6-7-23(30)32/h3-5,14-16H,6-13H2,1-2H3. The molecular formula is C26H28N4O4S. The molecule has 0 aliphatic carbocycles. The lowest BCUT2D eigenvalue weighted by Gasteiger charge is -2.29. The molecule has 2 fully saturated rings. The fourth-order valence-electron chi connectivity index (χ4n) is 4.62. The molecule has 0 saturated carbocycles. The van der Waals surface area contributed by atoms with Crippen molar-refractivity contribution in [3.8, 4) is 0 Å². The van der Waals surface area contributed by atoms with Crippen molar-refractivity contribution in [1.82, 2.24) is 9.88 Å². The third kappa shape index (κ3) is 4.84. The molecule has 2 aromatic carbocycles. The minimum Gasteiger partial charge on any atom is -0.379 e. The Labute approximate surface area is 208 Å². The van der Waals surface area contributed by atoms with E-state index in [0.29, 0.717) is 42.7 Å². The first-order valence-corrected chi connectivity index (χ1v) is 12.7. The third-order valence-corrected chi connectivity index (χ3v) is 7.47. The zero-order valence-electron chi connectivity index (χ0n) is 20.0. The molecule has 5 rings (SSSR count). The molecule has 0 atom stereocenters. The van der Waals surface area contributed by atoms with Crippen LogP contribution in [0.3, 0.4) is 0 Å². The Kier molecular flexibility index (Phi) is 6.64. The van der Waals surface area contributed by atoms with E-state index in [1.807, 2.05) is 6.92 Å². The number of imide groups is 1. The lowest BCUT2D eigenvalue weighted by atomic mass is 10.1. The molecule has 3 heterocycles. The highest BCUT2D eigenvalue weighted by Gasteiger charge is 2.31. The summed E-state index contributed by atoms with van der Waals surface area (Å²) < 4.78 is 6.50. The van der Waals surface area contributed by atoms with Crippen LogP contribution in [0.25, 0.3) is 10.2 Å². The fourth-order valence-corrected chi connectivity index (χ4v) is 5.79. The van der Waals surface area contributed by atoms with Gasteiger partial charge in [0.1, 0.15) is 0 Å². The number of ether oxygens (including phenoxy) is 1. The van der Waals surface area contributed by atoms with Crippen molar-refractivity contribution in [3.63, 3.8) is 0 Å². The molecule has 3 amide bonds. The number of fused-ring (bicyclic) bond motifs is 1. The average molecular weight is 493 g/mol. The van der Waals surface area contributed by atoms with Crippen molar-refractivity contribution in [2.24, 2.45) is 0 Å². The van der Waals surface area contributed by atoms with Gasteiger partial charge in [0.2, 0.25) is 11.8 Å². The molecular weight excluding hydrogens is 464 g/mol. The number of amides is 3. The number of aromatic nitrogens is 1. The number of morpholine rings is 1. The number of aryl methyl sites for hydroxylation is 2. The summed E-state index contributed by atoms with van der Waals surface area (Å²) in [6.45, 7) is 8.30. The van der Waals surface area contributed by atoms with Gasteiger partial charge < -0.3 is 4.74 Å². The summed E-state index contributed by atoms with van der Waals surface area (Å²) in [4.78, 5) is 48.4. The predicted molar refractivity (Wildman–Crippen MR) is 136 cm³/mol. The molecule has 1 aromatic heterocycles. The normalized spacial score (nSPS) is 16.9. The molecule has 2 aliphatic rings. The second-order valence-electron chi connectivity index (χ2n) is 9.01. The van der Waals surface area contributed by atoms with Crippen molar-refractivity contribution in [1.29, 1.82) is 0 Å². The monoisotopic (exact) mass is 492 g/mol. The zero-order chi connectivity index (χ0) is 24.5. The molecule has 182 valence electrons. The van der Waals surface area contributed by atoms with Gasteiger partial charge in [-0.25, -0.2) is 4.98 Å². The van der Waals surface area contributed by atoms with E-state index in [0.717, 1.165) is 34.4 Å². The number of nitrogens with zero attached hydrogens (tertiary/aromatic N) is 4. The third-order valence-electron chi connectivity index (χ3n) is 6.44. The summed E-state index contributed by atoms with van der Waals surface area (Å²) >= 11 is 1.51. The lowest BCUT2D eigenvalue weighted by molar-refractivity contribution is -0.121. The van der Waals surface area contributed by atoms with Gasteiger partial charge in [0.15, 0.2) is 5.13 Å². The Morgan fingerprint density at radius 1 is 1.09 bits per heavy atom. The van der Waals surface area contributed by atoms with Crippen LogP contribution in [-0.2, 0) is 14.3 Å². The first-order valence-electron chi connectivity index (χ1n) is 11.9. The van der Waals surface area contributed by atoms with Crippen molar-refractivity contribution in [2.45, 2.75) is 26.7 Å². The smallest absolute Gasteiger partial charge is 0.260 e. The number of hydrogen-bond acceptors (Lipinski definition) is 7. The van der Waals surface area contributed by atoms with Crippen LogP contribution in [-0.4, -0.2) is 67.0 Å². The Morgan fingerprint density at radius 2 is 1.83 bits per heavy atom. The van der Waals surface area contributed by atoms with Crippen LogP contribution in [0.5, 0.6) is 0 Å². The first kappa shape index (κ1) is 23.6. The van der Waals surface area contributed by atoms with Crippen molar-refractivity contribution in [3.05, 3.63) is 53.1 Å². The number of hydrogen-bond donors (Lipinski definition) is 0. The molecule has 0 unspecified atom stereocenters. The summed E-state index contributed by atoms with van der Waals surface area (Å²) in [5.74, 6) is -0.672. The molecule has 0 N–H and O–H groups in total. The van der Waals surface area contributed by atoms with Crippen molar-refractivity contribution < 1.29 is 19.1 Å².